The lowest BCUT2D eigenvalue weighted by molar-refractivity contribution is 0.459. The molecule has 0 radical (unpaired) electrons. The van der Waals surface area contributed by atoms with Gasteiger partial charge in [0.1, 0.15) is 0 Å². The highest BCUT2D eigenvalue weighted by Gasteiger charge is 2.09. The van der Waals surface area contributed by atoms with Crippen molar-refractivity contribution < 1.29 is 4.42 Å². The summed E-state index contributed by atoms with van der Waals surface area (Å²) < 4.78 is 6.86. The molecule has 1 heterocycles. The monoisotopic (exact) mass is 322 g/mol. The summed E-state index contributed by atoms with van der Waals surface area (Å²) in [6, 6.07) is 6.14. The number of nitrogens with one attached hydrogen (secondary N) is 1. The molecule has 3 nitrogen and oxygen atoms in total. The molecule has 0 saturated carbocycles. The summed E-state index contributed by atoms with van der Waals surface area (Å²) in [7, 11) is 0. The van der Waals surface area contributed by atoms with Crippen molar-refractivity contribution in [3.8, 4) is 11.3 Å². The Morgan fingerprint density at radius 1 is 1.37 bits per heavy atom. The lowest BCUT2D eigenvalue weighted by Crippen LogP contribution is -2.18. The minimum atomic E-state index is 0.628. The Balaban J connectivity index is 2.08. The molecule has 0 amide bonds. The zero-order chi connectivity index (χ0) is 13.8. The molecule has 0 spiro atoms. The maximum Gasteiger partial charge on any atom is 0.208 e. The molecule has 0 unspecified atom stereocenters. The average Bonchev–Trinajstić information content (AvgIpc) is 2.77. The number of nitrogens with zero attached hydrogens (tertiary/aromatic N) is 1. The Morgan fingerprint density at radius 2 is 2.16 bits per heavy atom. The molecule has 0 aliphatic rings. The zero-order valence-electron chi connectivity index (χ0n) is 11.5. The summed E-state index contributed by atoms with van der Waals surface area (Å²) >= 11 is 3.47. The fraction of sp³-hybridized carbons (Fsp3) is 0.400. The average molecular weight is 323 g/mol. The molecule has 0 fully saturated rings. The van der Waals surface area contributed by atoms with Crippen LogP contribution in [0.25, 0.3) is 11.3 Å². The van der Waals surface area contributed by atoms with Gasteiger partial charge >= 0.3 is 0 Å². The number of rotatable bonds is 5. The van der Waals surface area contributed by atoms with Crippen molar-refractivity contribution in [1.82, 2.24) is 10.3 Å². The third kappa shape index (κ3) is 3.91. The van der Waals surface area contributed by atoms with E-state index in [0.717, 1.165) is 28.2 Å². The van der Waals surface area contributed by atoms with E-state index in [0.29, 0.717) is 12.5 Å². The minimum absolute atomic E-state index is 0.628. The number of aryl methyl sites for hydroxylation is 1. The summed E-state index contributed by atoms with van der Waals surface area (Å²) in [5.41, 5.74) is 2.26. The van der Waals surface area contributed by atoms with Crippen LogP contribution < -0.4 is 5.32 Å². The predicted octanol–water partition coefficient (Wildman–Crippen LogP) is 4.16. The zero-order valence-corrected chi connectivity index (χ0v) is 13.1. The van der Waals surface area contributed by atoms with Crippen molar-refractivity contribution in [2.45, 2.75) is 27.3 Å². The van der Waals surface area contributed by atoms with Crippen molar-refractivity contribution in [2.24, 2.45) is 5.92 Å². The standard InChI is InChI=1S/C15H19BrN2O/c1-10(2)7-17-9-15-18-8-14(19-15)13-5-4-12(16)6-11(13)3/h4-6,8,10,17H,7,9H2,1-3H3. The Labute approximate surface area is 122 Å². The number of hydrogen-bond acceptors (Lipinski definition) is 3. The predicted molar refractivity (Wildman–Crippen MR) is 80.9 cm³/mol. The molecule has 1 aromatic carbocycles. The largest absolute Gasteiger partial charge is 0.439 e. The number of halogens is 1. The van der Waals surface area contributed by atoms with E-state index in [4.69, 9.17) is 4.42 Å². The van der Waals surface area contributed by atoms with E-state index in [1.807, 2.05) is 12.1 Å². The third-order valence-electron chi connectivity index (χ3n) is 2.84. The van der Waals surface area contributed by atoms with Crippen LogP contribution in [0.15, 0.2) is 33.3 Å². The molecule has 1 N–H and O–H groups in total. The minimum Gasteiger partial charge on any atom is -0.439 e. The van der Waals surface area contributed by atoms with Gasteiger partial charge in [0.25, 0.3) is 0 Å². The second-order valence-corrected chi connectivity index (χ2v) is 6.02. The molecular weight excluding hydrogens is 304 g/mol. The van der Waals surface area contributed by atoms with Crippen LogP contribution >= 0.6 is 15.9 Å². The molecule has 4 heteroatoms. The van der Waals surface area contributed by atoms with E-state index in [-0.39, 0.29) is 0 Å². The summed E-state index contributed by atoms with van der Waals surface area (Å²) in [6.07, 6.45) is 1.79. The van der Waals surface area contributed by atoms with Gasteiger partial charge in [-0.05, 0) is 43.1 Å². The van der Waals surface area contributed by atoms with Gasteiger partial charge in [0.05, 0.1) is 12.7 Å². The summed E-state index contributed by atoms with van der Waals surface area (Å²) in [6.45, 7) is 8.07. The fourth-order valence-corrected chi connectivity index (χ4v) is 2.36. The van der Waals surface area contributed by atoms with Crippen LogP contribution in [0.4, 0.5) is 0 Å². The van der Waals surface area contributed by atoms with Crippen LogP contribution in [0, 0.1) is 12.8 Å². The Hall–Kier alpha value is -1.13. The molecule has 0 saturated heterocycles. The smallest absolute Gasteiger partial charge is 0.208 e. The lowest BCUT2D eigenvalue weighted by Gasteiger charge is -2.05. The van der Waals surface area contributed by atoms with E-state index in [2.05, 4.69) is 53.1 Å². The molecule has 0 atom stereocenters. The lowest BCUT2D eigenvalue weighted by atomic mass is 10.1. The van der Waals surface area contributed by atoms with Crippen molar-refractivity contribution in [3.05, 3.63) is 40.3 Å². The second kappa shape index (κ2) is 6.35. The Bertz CT molecular complexity index is 549. The highest BCUT2D eigenvalue weighted by molar-refractivity contribution is 9.10. The second-order valence-electron chi connectivity index (χ2n) is 5.10. The van der Waals surface area contributed by atoms with Gasteiger partial charge in [0.15, 0.2) is 5.76 Å². The van der Waals surface area contributed by atoms with Crippen LogP contribution in [0.2, 0.25) is 0 Å². The summed E-state index contributed by atoms with van der Waals surface area (Å²) in [5, 5.41) is 3.33. The van der Waals surface area contributed by atoms with E-state index < -0.39 is 0 Å². The number of oxazole rings is 1. The molecule has 102 valence electrons. The van der Waals surface area contributed by atoms with Crippen LogP contribution in [-0.4, -0.2) is 11.5 Å². The van der Waals surface area contributed by atoms with Gasteiger partial charge in [-0.15, -0.1) is 0 Å². The van der Waals surface area contributed by atoms with Crippen LogP contribution in [0.1, 0.15) is 25.3 Å². The van der Waals surface area contributed by atoms with Crippen LogP contribution in [0.3, 0.4) is 0 Å². The molecule has 0 bridgehead atoms. The maximum atomic E-state index is 5.78. The SMILES string of the molecule is Cc1cc(Br)ccc1-c1cnc(CNCC(C)C)o1. The Morgan fingerprint density at radius 3 is 2.84 bits per heavy atom. The van der Waals surface area contributed by atoms with Crippen molar-refractivity contribution >= 4 is 15.9 Å². The van der Waals surface area contributed by atoms with Gasteiger partial charge in [-0.1, -0.05) is 29.8 Å². The topological polar surface area (TPSA) is 38.1 Å². The number of hydrogen-bond donors (Lipinski definition) is 1. The van der Waals surface area contributed by atoms with Gasteiger partial charge in [-0.2, -0.15) is 0 Å². The summed E-state index contributed by atoms with van der Waals surface area (Å²) in [5.74, 6) is 2.19. The normalized spacial score (nSPS) is 11.2. The van der Waals surface area contributed by atoms with Crippen molar-refractivity contribution in [3.63, 3.8) is 0 Å². The molecule has 2 rings (SSSR count). The first-order valence-corrected chi connectivity index (χ1v) is 7.27. The van der Waals surface area contributed by atoms with E-state index in [9.17, 15) is 0 Å². The number of aromatic nitrogens is 1. The first-order chi connectivity index (χ1) is 9.06. The maximum absolute atomic E-state index is 5.78. The van der Waals surface area contributed by atoms with E-state index in [1.54, 1.807) is 6.20 Å². The highest BCUT2D eigenvalue weighted by Crippen LogP contribution is 2.26. The van der Waals surface area contributed by atoms with Gasteiger partial charge < -0.3 is 9.73 Å². The first-order valence-electron chi connectivity index (χ1n) is 6.48. The third-order valence-corrected chi connectivity index (χ3v) is 3.33. The van der Waals surface area contributed by atoms with Crippen LogP contribution in [-0.2, 0) is 6.54 Å². The first kappa shape index (κ1) is 14.3. The molecule has 1 aromatic heterocycles. The van der Waals surface area contributed by atoms with Gasteiger partial charge in [-0.3, -0.25) is 0 Å². The van der Waals surface area contributed by atoms with E-state index >= 15 is 0 Å². The molecule has 19 heavy (non-hydrogen) atoms. The van der Waals surface area contributed by atoms with Gasteiger partial charge in [0.2, 0.25) is 5.89 Å². The van der Waals surface area contributed by atoms with E-state index in [1.165, 1.54) is 5.56 Å². The highest BCUT2D eigenvalue weighted by atomic mass is 79.9. The van der Waals surface area contributed by atoms with Crippen molar-refractivity contribution in [1.29, 1.82) is 0 Å². The van der Waals surface area contributed by atoms with Crippen molar-refractivity contribution in [2.75, 3.05) is 6.54 Å². The quantitative estimate of drug-likeness (QED) is 0.898. The van der Waals surface area contributed by atoms with Gasteiger partial charge in [0, 0.05) is 10.0 Å². The molecular formula is C15H19BrN2O. The molecule has 0 aliphatic heterocycles. The summed E-state index contributed by atoms with van der Waals surface area (Å²) in [4.78, 5) is 4.31. The Kier molecular flexibility index (Phi) is 4.77. The van der Waals surface area contributed by atoms with Gasteiger partial charge in [-0.25, -0.2) is 4.98 Å². The molecule has 0 aliphatic carbocycles. The fourth-order valence-electron chi connectivity index (χ4n) is 1.89. The van der Waals surface area contributed by atoms with Crippen LogP contribution in [0.5, 0.6) is 0 Å². The number of benzene rings is 1. The molecule has 2 aromatic rings.